The van der Waals surface area contributed by atoms with Crippen LogP contribution in [-0.4, -0.2) is 71.7 Å². The number of rotatable bonds is 10. The van der Waals surface area contributed by atoms with E-state index in [1.165, 1.54) is 36.7 Å². The molecule has 0 saturated carbocycles. The lowest BCUT2D eigenvalue weighted by molar-refractivity contribution is -0.133. The van der Waals surface area contributed by atoms with Crippen molar-refractivity contribution in [2.75, 3.05) is 20.3 Å². The summed E-state index contributed by atoms with van der Waals surface area (Å²) in [6.45, 7) is 1.78. The van der Waals surface area contributed by atoms with Crippen molar-refractivity contribution < 1.29 is 38.5 Å². The first kappa shape index (κ1) is 26.2. The molecule has 0 saturated heterocycles. The number of fused-ring (bicyclic) bond motifs is 3. The third-order valence-corrected chi connectivity index (χ3v) is 6.48. The summed E-state index contributed by atoms with van der Waals surface area (Å²) in [6, 6.07) is 3.92. The highest BCUT2D eigenvalue weighted by molar-refractivity contribution is 5.97. The van der Waals surface area contributed by atoms with Crippen molar-refractivity contribution in [2.24, 2.45) is 0 Å². The molecule has 0 bridgehead atoms. The predicted molar refractivity (Wildman–Crippen MR) is 132 cm³/mol. The number of methoxy groups -OCH3 is 1. The fourth-order valence-electron chi connectivity index (χ4n) is 4.78. The van der Waals surface area contributed by atoms with Crippen LogP contribution in [0.1, 0.15) is 40.7 Å². The number of ether oxygens (including phenoxy) is 2. The average Bonchev–Trinajstić information content (AvgIpc) is 3.57. The highest BCUT2D eigenvalue weighted by Gasteiger charge is 2.51. The normalized spacial score (nSPS) is 22.0. The molecule has 1 aromatic carbocycles. The number of amides is 2. The number of nitrogens with zero attached hydrogens (tertiary/aromatic N) is 1. The molecule has 37 heavy (non-hydrogen) atoms. The van der Waals surface area contributed by atoms with Gasteiger partial charge in [-0.2, -0.15) is 0 Å². The van der Waals surface area contributed by atoms with E-state index < -0.39 is 30.1 Å². The number of furan rings is 1. The third-order valence-electron chi connectivity index (χ3n) is 6.48. The van der Waals surface area contributed by atoms with Gasteiger partial charge in [0.1, 0.15) is 18.5 Å². The average molecular weight is 511 g/mol. The maximum absolute atomic E-state index is 13.3. The Morgan fingerprint density at radius 3 is 2.76 bits per heavy atom. The van der Waals surface area contributed by atoms with Gasteiger partial charge in [0.2, 0.25) is 11.8 Å². The van der Waals surface area contributed by atoms with Gasteiger partial charge in [-0.15, -0.1) is 0 Å². The standard InChI is InChI=1S/C27H30N2O8/c1-3-4-5-22(32)29(13-16-6-9-36-15-16)20-12-19(27(34)28-7-8-30)23-18-10-17(14-31)11-21(35-2)25(18)37-26(23)24(20)33/h4-6,9-12,14-15,20,23-24,26,30,33H,3,7-8,13H2,1-2H3,(H,28,34)/t20-,23+,24+,26+/m1/s1. The molecule has 1 aliphatic heterocycles. The summed E-state index contributed by atoms with van der Waals surface area (Å²) in [5.74, 6) is -0.945. The lowest BCUT2D eigenvalue weighted by atomic mass is 9.77. The van der Waals surface area contributed by atoms with Crippen LogP contribution >= 0.6 is 0 Å². The number of hydrogen-bond acceptors (Lipinski definition) is 8. The van der Waals surface area contributed by atoms with Crippen molar-refractivity contribution in [1.82, 2.24) is 10.2 Å². The Morgan fingerprint density at radius 1 is 1.30 bits per heavy atom. The summed E-state index contributed by atoms with van der Waals surface area (Å²) in [5, 5.41) is 23.5. The molecular weight excluding hydrogens is 480 g/mol. The quantitative estimate of drug-likeness (QED) is 0.324. The summed E-state index contributed by atoms with van der Waals surface area (Å²) in [7, 11) is 1.44. The molecule has 0 radical (unpaired) electrons. The van der Waals surface area contributed by atoms with Crippen molar-refractivity contribution in [3.05, 3.63) is 71.2 Å². The van der Waals surface area contributed by atoms with E-state index in [2.05, 4.69) is 5.32 Å². The van der Waals surface area contributed by atoms with E-state index in [1.54, 1.807) is 24.3 Å². The van der Waals surface area contributed by atoms with Crippen molar-refractivity contribution >= 4 is 18.1 Å². The van der Waals surface area contributed by atoms with Gasteiger partial charge in [-0.3, -0.25) is 14.4 Å². The first-order chi connectivity index (χ1) is 17.9. The van der Waals surface area contributed by atoms with E-state index in [0.717, 1.165) is 0 Å². The van der Waals surface area contributed by atoms with Crippen LogP contribution in [0.4, 0.5) is 0 Å². The summed E-state index contributed by atoms with van der Waals surface area (Å²) >= 11 is 0. The number of nitrogens with one attached hydrogen (secondary N) is 1. The smallest absolute Gasteiger partial charge is 0.247 e. The van der Waals surface area contributed by atoms with Crippen LogP contribution in [0.2, 0.25) is 0 Å². The molecule has 1 aromatic heterocycles. The zero-order chi connectivity index (χ0) is 26.5. The molecule has 196 valence electrons. The molecule has 0 unspecified atom stereocenters. The van der Waals surface area contributed by atoms with Crippen molar-refractivity contribution in [2.45, 2.75) is 44.1 Å². The van der Waals surface area contributed by atoms with Crippen LogP contribution in [0.25, 0.3) is 0 Å². The molecule has 4 rings (SSSR count). The maximum Gasteiger partial charge on any atom is 0.247 e. The first-order valence-corrected chi connectivity index (χ1v) is 12.0. The number of benzene rings is 1. The van der Waals surface area contributed by atoms with E-state index in [0.29, 0.717) is 40.9 Å². The topological polar surface area (TPSA) is 139 Å². The molecule has 0 spiro atoms. The lowest BCUT2D eigenvalue weighted by Crippen LogP contribution is -2.55. The second-order valence-corrected chi connectivity index (χ2v) is 8.81. The summed E-state index contributed by atoms with van der Waals surface area (Å²) < 4.78 is 16.8. The SMILES string of the molecule is CCC=CC(=O)N(Cc1ccoc1)[C@@H]1C=C(C(=O)NCCO)[C@@H]2c3cc(C=O)cc(OC)c3O[C@@H]2[C@H]1O. The number of carbonyl (C=O) groups excluding carboxylic acids is 3. The van der Waals surface area contributed by atoms with Gasteiger partial charge in [-0.25, -0.2) is 0 Å². The van der Waals surface area contributed by atoms with E-state index in [1.807, 2.05) is 6.92 Å². The number of aliphatic hydroxyl groups is 2. The number of aldehydes is 1. The molecule has 2 aromatic rings. The Hall–Kier alpha value is -3.89. The van der Waals surface area contributed by atoms with Gasteiger partial charge in [0.25, 0.3) is 0 Å². The summed E-state index contributed by atoms with van der Waals surface area (Å²) in [5.41, 5.74) is 1.81. The van der Waals surface area contributed by atoms with Crippen LogP contribution in [0.5, 0.6) is 11.5 Å². The molecule has 1 aliphatic carbocycles. The molecule has 10 heteroatoms. The Bertz CT molecular complexity index is 1200. The van der Waals surface area contributed by atoms with Crippen LogP contribution in [0.15, 0.2) is 58.9 Å². The van der Waals surface area contributed by atoms with Gasteiger partial charge in [-0.1, -0.05) is 13.0 Å². The van der Waals surface area contributed by atoms with Gasteiger partial charge in [-0.05, 0) is 36.8 Å². The van der Waals surface area contributed by atoms with Gasteiger partial charge in [0.15, 0.2) is 11.5 Å². The fraction of sp³-hybridized carbons (Fsp3) is 0.370. The molecule has 2 amide bonds. The Labute approximate surface area is 214 Å². The van der Waals surface area contributed by atoms with E-state index in [9.17, 15) is 24.6 Å². The summed E-state index contributed by atoms with van der Waals surface area (Å²) in [4.78, 5) is 39.6. The highest BCUT2D eigenvalue weighted by Crippen LogP contribution is 2.51. The molecular formula is C27H30N2O8. The molecule has 4 atom stereocenters. The number of aliphatic hydroxyl groups excluding tert-OH is 2. The Balaban J connectivity index is 1.82. The van der Waals surface area contributed by atoms with Crippen molar-refractivity contribution in [3.8, 4) is 11.5 Å². The number of carbonyl (C=O) groups is 3. The van der Waals surface area contributed by atoms with Crippen LogP contribution < -0.4 is 14.8 Å². The maximum atomic E-state index is 13.3. The van der Waals surface area contributed by atoms with Gasteiger partial charge >= 0.3 is 0 Å². The first-order valence-electron chi connectivity index (χ1n) is 12.0. The number of allylic oxidation sites excluding steroid dienone is 1. The van der Waals surface area contributed by atoms with E-state index in [-0.39, 0.29) is 31.2 Å². The minimum atomic E-state index is -1.22. The van der Waals surface area contributed by atoms with Crippen molar-refractivity contribution in [3.63, 3.8) is 0 Å². The van der Waals surface area contributed by atoms with Gasteiger partial charge in [0.05, 0.1) is 38.2 Å². The second-order valence-electron chi connectivity index (χ2n) is 8.81. The van der Waals surface area contributed by atoms with E-state index in [4.69, 9.17) is 13.9 Å². The second kappa shape index (κ2) is 11.4. The monoisotopic (exact) mass is 510 g/mol. The molecule has 2 heterocycles. The highest BCUT2D eigenvalue weighted by atomic mass is 16.5. The Morgan fingerprint density at radius 2 is 2.11 bits per heavy atom. The number of hydrogen-bond donors (Lipinski definition) is 3. The van der Waals surface area contributed by atoms with Crippen LogP contribution in [-0.2, 0) is 16.1 Å². The van der Waals surface area contributed by atoms with Crippen LogP contribution in [0, 0.1) is 0 Å². The Kier molecular flexibility index (Phi) is 8.10. The fourth-order valence-corrected chi connectivity index (χ4v) is 4.78. The third kappa shape index (κ3) is 5.16. The van der Waals surface area contributed by atoms with Crippen molar-refractivity contribution in [1.29, 1.82) is 0 Å². The minimum absolute atomic E-state index is 0.0170. The summed E-state index contributed by atoms with van der Waals surface area (Å²) in [6.07, 6.45) is 6.86. The predicted octanol–water partition coefficient (Wildman–Crippen LogP) is 1.72. The molecule has 0 fully saturated rings. The zero-order valence-electron chi connectivity index (χ0n) is 20.6. The molecule has 2 aliphatic rings. The minimum Gasteiger partial charge on any atom is -0.493 e. The van der Waals surface area contributed by atoms with Crippen LogP contribution in [0.3, 0.4) is 0 Å². The molecule has 3 N–H and O–H groups in total. The van der Waals surface area contributed by atoms with Gasteiger partial charge in [0, 0.05) is 35.4 Å². The lowest BCUT2D eigenvalue weighted by Gasteiger charge is -2.40. The molecule has 10 nitrogen and oxygen atoms in total. The zero-order valence-corrected chi connectivity index (χ0v) is 20.6. The van der Waals surface area contributed by atoms with E-state index >= 15 is 0 Å². The van der Waals surface area contributed by atoms with Gasteiger partial charge < -0.3 is 34.3 Å². The largest absolute Gasteiger partial charge is 0.493 e.